The molecule has 0 saturated heterocycles. The van der Waals surface area contributed by atoms with Crippen molar-refractivity contribution in [3.63, 3.8) is 0 Å². The standard InChI is InChI=1S/C27H32N4O6S/c1-16(27(36)37)29-25(34)22(11-12-38-2)31-26(35)23(13-17-7-9-19(32)10-8-17)30-24(33)14-18-15-28-21-6-4-3-5-20(18)21/h3-10,15-16,22-23,28,32H,11-14H2,1-2H3,(H,29,34)(H,30,33)(H,31,35)(H,36,37). The fourth-order valence-corrected chi connectivity index (χ4v) is 4.40. The van der Waals surface area contributed by atoms with Gasteiger partial charge in [-0.1, -0.05) is 30.3 Å². The van der Waals surface area contributed by atoms with Gasteiger partial charge in [0.25, 0.3) is 0 Å². The van der Waals surface area contributed by atoms with E-state index in [2.05, 4.69) is 20.9 Å². The number of aromatic nitrogens is 1. The first-order chi connectivity index (χ1) is 18.2. The van der Waals surface area contributed by atoms with Crippen LogP contribution in [0.15, 0.2) is 54.7 Å². The second-order valence-corrected chi connectivity index (χ2v) is 9.92. The van der Waals surface area contributed by atoms with Crippen LogP contribution in [0.5, 0.6) is 5.75 Å². The van der Waals surface area contributed by atoms with Crippen LogP contribution >= 0.6 is 11.8 Å². The molecule has 3 unspecified atom stereocenters. The number of carbonyl (C=O) groups excluding carboxylic acids is 3. The highest BCUT2D eigenvalue weighted by molar-refractivity contribution is 7.98. The van der Waals surface area contributed by atoms with Crippen molar-refractivity contribution >= 4 is 46.4 Å². The summed E-state index contributed by atoms with van der Waals surface area (Å²) in [5, 5.41) is 27.5. The van der Waals surface area contributed by atoms with Crippen molar-refractivity contribution in [2.45, 2.75) is 44.3 Å². The Morgan fingerprint density at radius 3 is 2.32 bits per heavy atom. The van der Waals surface area contributed by atoms with Crippen molar-refractivity contribution in [1.29, 1.82) is 0 Å². The molecule has 3 rings (SSSR count). The number of aromatic hydroxyl groups is 1. The lowest BCUT2D eigenvalue weighted by Crippen LogP contribution is -2.56. The minimum absolute atomic E-state index is 0.0376. The van der Waals surface area contributed by atoms with Crippen LogP contribution in [0, 0.1) is 0 Å². The lowest BCUT2D eigenvalue weighted by atomic mass is 10.0. The number of carboxylic acids is 1. The average Bonchev–Trinajstić information content (AvgIpc) is 3.29. The number of hydrogen-bond donors (Lipinski definition) is 6. The highest BCUT2D eigenvalue weighted by atomic mass is 32.2. The molecule has 2 aromatic carbocycles. The first-order valence-electron chi connectivity index (χ1n) is 12.1. The number of H-pyrrole nitrogens is 1. The Morgan fingerprint density at radius 2 is 1.63 bits per heavy atom. The Labute approximate surface area is 224 Å². The van der Waals surface area contributed by atoms with E-state index in [1.165, 1.54) is 30.8 Å². The minimum atomic E-state index is -1.19. The normalized spacial score (nSPS) is 13.3. The van der Waals surface area contributed by atoms with E-state index in [9.17, 15) is 24.3 Å². The number of aliphatic carboxylic acids is 1. The van der Waals surface area contributed by atoms with Crippen molar-refractivity contribution in [3.05, 3.63) is 65.9 Å². The van der Waals surface area contributed by atoms with Gasteiger partial charge in [-0.2, -0.15) is 11.8 Å². The summed E-state index contributed by atoms with van der Waals surface area (Å²) in [5.74, 6) is -2.14. The summed E-state index contributed by atoms with van der Waals surface area (Å²) in [5.41, 5.74) is 2.37. The maximum Gasteiger partial charge on any atom is 0.325 e. The third-order valence-corrected chi connectivity index (χ3v) is 6.67. The van der Waals surface area contributed by atoms with Crippen LogP contribution in [-0.4, -0.2) is 69.0 Å². The van der Waals surface area contributed by atoms with E-state index in [-0.39, 0.29) is 30.9 Å². The number of phenolic OH excluding ortho intramolecular Hbond substituents is 1. The Bertz CT molecular complexity index is 1280. The highest BCUT2D eigenvalue weighted by Crippen LogP contribution is 2.18. The Morgan fingerprint density at radius 1 is 0.947 bits per heavy atom. The topological polar surface area (TPSA) is 161 Å². The summed E-state index contributed by atoms with van der Waals surface area (Å²) >= 11 is 1.48. The zero-order chi connectivity index (χ0) is 27.7. The smallest absolute Gasteiger partial charge is 0.325 e. The molecule has 0 bridgehead atoms. The van der Waals surface area contributed by atoms with Crippen molar-refractivity contribution < 1.29 is 29.4 Å². The number of amides is 3. The Hall–Kier alpha value is -3.99. The summed E-state index contributed by atoms with van der Waals surface area (Å²) in [6.07, 6.45) is 4.05. The van der Waals surface area contributed by atoms with E-state index in [4.69, 9.17) is 5.11 Å². The number of rotatable bonds is 13. The summed E-state index contributed by atoms with van der Waals surface area (Å²) in [6.45, 7) is 1.34. The lowest BCUT2D eigenvalue weighted by molar-refractivity contribution is -0.141. The van der Waals surface area contributed by atoms with Crippen molar-refractivity contribution in [2.24, 2.45) is 0 Å². The van der Waals surface area contributed by atoms with Gasteiger partial charge >= 0.3 is 5.97 Å². The molecular formula is C27H32N4O6S. The fourth-order valence-electron chi connectivity index (χ4n) is 3.93. The number of hydrogen-bond acceptors (Lipinski definition) is 6. The van der Waals surface area contributed by atoms with Crippen molar-refractivity contribution in [1.82, 2.24) is 20.9 Å². The van der Waals surface area contributed by atoms with E-state index < -0.39 is 35.9 Å². The molecule has 11 heteroatoms. The molecule has 10 nitrogen and oxygen atoms in total. The van der Waals surface area contributed by atoms with Crippen LogP contribution < -0.4 is 16.0 Å². The number of carbonyl (C=O) groups is 4. The van der Waals surface area contributed by atoms with Gasteiger partial charge in [-0.05, 0) is 54.7 Å². The summed E-state index contributed by atoms with van der Waals surface area (Å²) < 4.78 is 0. The minimum Gasteiger partial charge on any atom is -0.508 e. The first kappa shape index (κ1) is 28.6. The largest absolute Gasteiger partial charge is 0.508 e. The molecule has 0 saturated carbocycles. The molecule has 0 aliphatic carbocycles. The molecule has 3 aromatic rings. The zero-order valence-corrected chi connectivity index (χ0v) is 22.0. The number of nitrogens with one attached hydrogen (secondary N) is 4. The van der Waals surface area contributed by atoms with E-state index in [0.29, 0.717) is 11.3 Å². The van der Waals surface area contributed by atoms with E-state index >= 15 is 0 Å². The fraction of sp³-hybridized carbons (Fsp3) is 0.333. The maximum absolute atomic E-state index is 13.4. The van der Waals surface area contributed by atoms with Crippen LogP contribution in [0.1, 0.15) is 24.5 Å². The lowest BCUT2D eigenvalue weighted by Gasteiger charge is -2.24. The predicted molar refractivity (Wildman–Crippen MR) is 146 cm³/mol. The van der Waals surface area contributed by atoms with Crippen LogP contribution in [0.3, 0.4) is 0 Å². The quantitative estimate of drug-likeness (QED) is 0.193. The van der Waals surface area contributed by atoms with Gasteiger partial charge in [-0.25, -0.2) is 0 Å². The molecule has 38 heavy (non-hydrogen) atoms. The van der Waals surface area contributed by atoms with Gasteiger partial charge in [0.15, 0.2) is 0 Å². The molecule has 0 radical (unpaired) electrons. The molecule has 6 N–H and O–H groups in total. The summed E-state index contributed by atoms with van der Waals surface area (Å²) in [4.78, 5) is 53.5. The average molecular weight is 541 g/mol. The first-order valence-corrected chi connectivity index (χ1v) is 13.5. The second kappa shape index (κ2) is 13.5. The number of fused-ring (bicyclic) bond motifs is 1. The number of thioether (sulfide) groups is 1. The molecular weight excluding hydrogens is 508 g/mol. The van der Waals surface area contributed by atoms with Crippen LogP contribution in [0.25, 0.3) is 10.9 Å². The van der Waals surface area contributed by atoms with Gasteiger partial charge in [0.05, 0.1) is 6.42 Å². The van der Waals surface area contributed by atoms with Gasteiger partial charge in [0.2, 0.25) is 17.7 Å². The Balaban J connectivity index is 1.77. The number of benzene rings is 2. The van der Waals surface area contributed by atoms with Crippen LogP contribution in [0.4, 0.5) is 0 Å². The van der Waals surface area contributed by atoms with Crippen molar-refractivity contribution in [2.75, 3.05) is 12.0 Å². The molecule has 1 aromatic heterocycles. The van der Waals surface area contributed by atoms with Crippen molar-refractivity contribution in [3.8, 4) is 5.75 Å². The molecule has 0 aliphatic heterocycles. The third kappa shape index (κ3) is 8.01. The number of phenols is 1. The van der Waals surface area contributed by atoms with Gasteiger partial charge < -0.3 is 31.1 Å². The molecule has 0 aliphatic rings. The van der Waals surface area contributed by atoms with E-state index in [1.54, 1.807) is 18.3 Å². The van der Waals surface area contributed by atoms with Gasteiger partial charge in [-0.15, -0.1) is 0 Å². The van der Waals surface area contributed by atoms with Crippen LogP contribution in [-0.2, 0) is 32.0 Å². The number of carboxylic acid groups (broad SMARTS) is 1. The molecule has 1 heterocycles. The molecule has 0 fully saturated rings. The molecule has 202 valence electrons. The SMILES string of the molecule is CSCCC(NC(=O)C(Cc1ccc(O)cc1)NC(=O)Cc1c[nH]c2ccccc12)C(=O)NC(C)C(=O)O. The molecule has 3 amide bonds. The number of para-hydroxylation sites is 1. The second-order valence-electron chi connectivity index (χ2n) is 8.94. The summed E-state index contributed by atoms with van der Waals surface area (Å²) in [7, 11) is 0. The highest BCUT2D eigenvalue weighted by Gasteiger charge is 2.28. The van der Waals surface area contributed by atoms with Gasteiger partial charge in [0.1, 0.15) is 23.9 Å². The zero-order valence-electron chi connectivity index (χ0n) is 21.2. The van der Waals surface area contributed by atoms with Gasteiger partial charge in [0, 0.05) is 23.5 Å². The monoisotopic (exact) mass is 540 g/mol. The molecule has 0 spiro atoms. The van der Waals surface area contributed by atoms with E-state index in [0.717, 1.165) is 16.5 Å². The Kier molecular flexibility index (Phi) is 10.2. The van der Waals surface area contributed by atoms with E-state index in [1.807, 2.05) is 30.5 Å². The molecule has 3 atom stereocenters. The summed E-state index contributed by atoms with van der Waals surface area (Å²) in [6, 6.07) is 10.7. The third-order valence-electron chi connectivity index (χ3n) is 6.03. The van der Waals surface area contributed by atoms with Gasteiger partial charge in [-0.3, -0.25) is 19.2 Å². The predicted octanol–water partition coefficient (Wildman–Crippen LogP) is 1.97. The van der Waals surface area contributed by atoms with Crippen LogP contribution in [0.2, 0.25) is 0 Å². The maximum atomic E-state index is 13.4. The number of aromatic amines is 1.